The first-order chi connectivity index (χ1) is 11.4. The lowest BCUT2D eigenvalue weighted by molar-refractivity contribution is -0.140. The lowest BCUT2D eigenvalue weighted by Gasteiger charge is -2.34. The summed E-state index contributed by atoms with van der Waals surface area (Å²) in [6.45, 7) is 3.24. The Morgan fingerprint density at radius 2 is 2.08 bits per heavy atom. The molecule has 2 aliphatic rings. The highest BCUT2D eigenvalue weighted by atomic mass is 19.1. The first-order valence-electron chi connectivity index (χ1n) is 8.67. The van der Waals surface area contributed by atoms with Crippen LogP contribution in [0.3, 0.4) is 0 Å². The van der Waals surface area contributed by atoms with Gasteiger partial charge in [-0.15, -0.1) is 0 Å². The first-order valence-corrected chi connectivity index (χ1v) is 8.67. The van der Waals surface area contributed by atoms with Crippen LogP contribution in [0, 0.1) is 23.1 Å². The van der Waals surface area contributed by atoms with E-state index in [0.717, 1.165) is 24.8 Å². The third-order valence-electron chi connectivity index (χ3n) is 5.74. The van der Waals surface area contributed by atoms with E-state index in [0.29, 0.717) is 25.9 Å². The second-order valence-electron chi connectivity index (χ2n) is 7.35. The molecule has 130 valence electrons. The summed E-state index contributed by atoms with van der Waals surface area (Å²) in [5, 5.41) is 9.12. The zero-order valence-electron chi connectivity index (χ0n) is 14.0. The van der Waals surface area contributed by atoms with E-state index in [1.54, 1.807) is 6.07 Å². The molecule has 3 rings (SSSR count). The molecule has 1 heterocycles. The molecule has 2 unspecified atom stereocenters. The molecule has 5 heteroatoms. The largest absolute Gasteiger partial charge is 0.481 e. The third-order valence-corrected chi connectivity index (χ3v) is 5.74. The van der Waals surface area contributed by atoms with Crippen LogP contribution in [-0.2, 0) is 16.0 Å². The second-order valence-corrected chi connectivity index (χ2v) is 7.35. The topological polar surface area (TPSA) is 57.6 Å². The normalized spacial score (nSPS) is 23.1. The van der Waals surface area contributed by atoms with Crippen molar-refractivity contribution >= 4 is 11.9 Å². The van der Waals surface area contributed by atoms with Crippen LogP contribution in [0.1, 0.15) is 38.2 Å². The Morgan fingerprint density at radius 1 is 1.38 bits per heavy atom. The SMILES string of the molecule is CC(CCc1cccc(F)c1)C(=O)N1CCC2(CC1)CC2C(=O)O. The number of carboxylic acid groups (broad SMARTS) is 1. The molecule has 1 aliphatic carbocycles. The van der Waals surface area contributed by atoms with Crippen molar-refractivity contribution in [2.45, 2.75) is 39.0 Å². The number of benzene rings is 1. The number of amides is 1. The third kappa shape index (κ3) is 3.45. The molecule has 0 radical (unpaired) electrons. The molecule has 24 heavy (non-hydrogen) atoms. The average Bonchev–Trinajstić information content (AvgIpc) is 3.27. The minimum absolute atomic E-state index is 0.0482. The molecule has 4 nitrogen and oxygen atoms in total. The lowest BCUT2D eigenvalue weighted by atomic mass is 9.89. The van der Waals surface area contributed by atoms with Gasteiger partial charge in [0.25, 0.3) is 0 Å². The Kier molecular flexibility index (Phi) is 4.61. The predicted molar refractivity (Wildman–Crippen MR) is 87.9 cm³/mol. The summed E-state index contributed by atoms with van der Waals surface area (Å²) >= 11 is 0. The predicted octanol–water partition coefficient (Wildman–Crippen LogP) is 3.11. The average molecular weight is 333 g/mol. The van der Waals surface area contributed by atoms with E-state index in [-0.39, 0.29) is 29.0 Å². The highest BCUT2D eigenvalue weighted by molar-refractivity contribution is 5.79. The van der Waals surface area contributed by atoms with Crippen molar-refractivity contribution in [3.8, 4) is 0 Å². The van der Waals surface area contributed by atoms with Gasteiger partial charge in [0, 0.05) is 19.0 Å². The van der Waals surface area contributed by atoms with E-state index >= 15 is 0 Å². The van der Waals surface area contributed by atoms with Crippen molar-refractivity contribution < 1.29 is 19.1 Å². The number of hydrogen-bond acceptors (Lipinski definition) is 2. The van der Waals surface area contributed by atoms with E-state index in [1.807, 2.05) is 17.9 Å². The maximum absolute atomic E-state index is 13.2. The zero-order valence-corrected chi connectivity index (χ0v) is 14.0. The molecule has 1 saturated heterocycles. The number of rotatable bonds is 5. The van der Waals surface area contributed by atoms with Gasteiger partial charge in [0.15, 0.2) is 0 Å². The van der Waals surface area contributed by atoms with Crippen LogP contribution in [-0.4, -0.2) is 35.0 Å². The number of carbonyl (C=O) groups excluding carboxylic acids is 1. The summed E-state index contributed by atoms with van der Waals surface area (Å²) in [5.74, 6) is -1.12. The molecule has 1 amide bonds. The molecular weight excluding hydrogens is 309 g/mol. The van der Waals surface area contributed by atoms with E-state index in [1.165, 1.54) is 12.1 Å². The van der Waals surface area contributed by atoms with Gasteiger partial charge >= 0.3 is 5.97 Å². The Balaban J connectivity index is 1.47. The van der Waals surface area contributed by atoms with Gasteiger partial charge < -0.3 is 10.0 Å². The van der Waals surface area contributed by atoms with E-state index < -0.39 is 5.97 Å². The van der Waals surface area contributed by atoms with Crippen LogP contribution in [0.4, 0.5) is 4.39 Å². The van der Waals surface area contributed by atoms with Gasteiger partial charge in [0.1, 0.15) is 5.82 Å². The molecule has 1 aliphatic heterocycles. The number of nitrogens with zero attached hydrogens (tertiary/aromatic N) is 1. The van der Waals surface area contributed by atoms with Gasteiger partial charge in [0.05, 0.1) is 5.92 Å². The summed E-state index contributed by atoms with van der Waals surface area (Å²) in [7, 11) is 0. The first kappa shape index (κ1) is 16.9. The molecule has 2 fully saturated rings. The van der Waals surface area contributed by atoms with Crippen molar-refractivity contribution in [2.75, 3.05) is 13.1 Å². The molecule has 1 N–H and O–H groups in total. The highest BCUT2D eigenvalue weighted by Crippen LogP contribution is 2.59. The number of hydrogen-bond donors (Lipinski definition) is 1. The van der Waals surface area contributed by atoms with E-state index in [2.05, 4.69) is 0 Å². The fraction of sp³-hybridized carbons (Fsp3) is 0.579. The van der Waals surface area contributed by atoms with Gasteiger partial charge in [-0.25, -0.2) is 4.39 Å². The van der Waals surface area contributed by atoms with Crippen molar-refractivity contribution in [3.05, 3.63) is 35.6 Å². The van der Waals surface area contributed by atoms with Gasteiger partial charge in [-0.1, -0.05) is 19.1 Å². The van der Waals surface area contributed by atoms with Crippen LogP contribution in [0.15, 0.2) is 24.3 Å². The minimum atomic E-state index is -0.696. The highest BCUT2D eigenvalue weighted by Gasteiger charge is 2.59. The molecule has 0 bridgehead atoms. The smallest absolute Gasteiger partial charge is 0.307 e. The maximum Gasteiger partial charge on any atom is 0.307 e. The monoisotopic (exact) mass is 333 g/mol. The minimum Gasteiger partial charge on any atom is -0.481 e. The number of piperidine rings is 1. The molecule has 1 aromatic carbocycles. The van der Waals surface area contributed by atoms with Crippen LogP contribution < -0.4 is 0 Å². The lowest BCUT2D eigenvalue weighted by Crippen LogP contribution is -2.42. The van der Waals surface area contributed by atoms with E-state index in [9.17, 15) is 14.0 Å². The summed E-state index contributed by atoms with van der Waals surface area (Å²) < 4.78 is 13.2. The number of carboxylic acids is 1. The molecule has 1 saturated carbocycles. The van der Waals surface area contributed by atoms with Crippen LogP contribution in [0.5, 0.6) is 0 Å². The summed E-state index contributed by atoms with van der Waals surface area (Å²) in [5.41, 5.74) is 0.863. The number of aryl methyl sites for hydroxylation is 1. The van der Waals surface area contributed by atoms with Crippen molar-refractivity contribution in [2.24, 2.45) is 17.3 Å². The van der Waals surface area contributed by atoms with Gasteiger partial charge in [-0.05, 0) is 55.2 Å². The van der Waals surface area contributed by atoms with Gasteiger partial charge in [-0.3, -0.25) is 9.59 Å². The fourth-order valence-corrected chi connectivity index (χ4v) is 3.93. The van der Waals surface area contributed by atoms with Crippen LogP contribution in [0.25, 0.3) is 0 Å². The fourth-order valence-electron chi connectivity index (χ4n) is 3.93. The van der Waals surface area contributed by atoms with Gasteiger partial charge in [0.2, 0.25) is 5.91 Å². The Bertz CT molecular complexity index is 637. The Labute approximate surface area is 141 Å². The summed E-state index contributed by atoms with van der Waals surface area (Å²) in [6, 6.07) is 6.50. The number of carbonyl (C=O) groups is 2. The van der Waals surface area contributed by atoms with Gasteiger partial charge in [-0.2, -0.15) is 0 Å². The van der Waals surface area contributed by atoms with Crippen LogP contribution >= 0.6 is 0 Å². The van der Waals surface area contributed by atoms with E-state index in [4.69, 9.17) is 5.11 Å². The molecule has 1 spiro atoms. The molecule has 0 aromatic heterocycles. The molecule has 2 atom stereocenters. The Hall–Kier alpha value is -1.91. The number of halogens is 1. The van der Waals surface area contributed by atoms with Crippen molar-refractivity contribution in [3.63, 3.8) is 0 Å². The quantitative estimate of drug-likeness (QED) is 0.901. The van der Waals surface area contributed by atoms with Crippen molar-refractivity contribution in [1.82, 2.24) is 4.90 Å². The second kappa shape index (κ2) is 6.54. The Morgan fingerprint density at radius 3 is 2.67 bits per heavy atom. The molecular formula is C19H24FNO3. The summed E-state index contributed by atoms with van der Waals surface area (Å²) in [6.07, 6.45) is 3.74. The summed E-state index contributed by atoms with van der Waals surface area (Å²) in [4.78, 5) is 25.5. The standard InChI is InChI=1S/C19H24FNO3/c1-13(5-6-14-3-2-4-15(20)11-14)17(22)21-9-7-19(8-10-21)12-16(19)18(23)24/h2-4,11,13,16H,5-10,12H2,1H3,(H,23,24). The maximum atomic E-state index is 13.2. The molecule has 1 aromatic rings. The number of likely N-dealkylation sites (tertiary alicyclic amines) is 1. The van der Waals surface area contributed by atoms with Crippen molar-refractivity contribution in [1.29, 1.82) is 0 Å². The van der Waals surface area contributed by atoms with Crippen LogP contribution in [0.2, 0.25) is 0 Å². The number of aliphatic carboxylic acids is 1. The zero-order chi connectivity index (χ0) is 17.3.